The Hall–Kier alpha value is 1.59. The predicted molar refractivity (Wildman–Crippen MR) is 67.2 cm³/mol. The molecule has 0 nitrogen and oxygen atoms in total. The van der Waals surface area contributed by atoms with Crippen molar-refractivity contribution in [3.05, 3.63) is 0 Å². The first-order valence-corrected chi connectivity index (χ1v) is 10.4. The standard InChI is InChI=1S/C4H8IP.C4H9P/c5-6-3-1-2-4-6;1-2-4-5-3-1/h1-4H2;5H,1-4H2. The number of hydrogen-bond donors (Lipinski definition) is 0. The maximum absolute atomic E-state index is 2.60. The Bertz CT molecular complexity index is 80.5. The van der Waals surface area contributed by atoms with Crippen LogP contribution in [0.4, 0.5) is 0 Å². The molecule has 0 saturated carbocycles. The van der Waals surface area contributed by atoms with Crippen LogP contribution in [0.5, 0.6) is 0 Å². The predicted octanol–water partition coefficient (Wildman–Crippen LogP) is 4.07. The van der Waals surface area contributed by atoms with E-state index in [4.69, 9.17) is 0 Å². The number of halogens is 1. The highest BCUT2D eigenvalue weighted by molar-refractivity contribution is 14.2. The van der Waals surface area contributed by atoms with Gasteiger partial charge >= 0.3 is 0 Å². The Balaban J connectivity index is 0.000000112. The molecule has 2 aliphatic rings. The zero-order chi connectivity index (χ0) is 7.94. The van der Waals surface area contributed by atoms with Crippen molar-refractivity contribution in [1.82, 2.24) is 0 Å². The fourth-order valence-electron chi connectivity index (χ4n) is 1.30. The minimum Gasteiger partial charge on any atom is -0.122 e. The van der Waals surface area contributed by atoms with Crippen LogP contribution in [0.1, 0.15) is 25.7 Å². The summed E-state index contributed by atoms with van der Waals surface area (Å²) in [6.07, 6.45) is 12.2. The molecule has 66 valence electrons. The molecule has 0 aromatic carbocycles. The van der Waals surface area contributed by atoms with E-state index in [1.54, 1.807) is 0 Å². The highest BCUT2D eigenvalue weighted by atomic mass is 127. The van der Waals surface area contributed by atoms with Crippen molar-refractivity contribution in [2.75, 3.05) is 24.6 Å². The summed E-state index contributed by atoms with van der Waals surface area (Å²) in [6.45, 7) is 0. The van der Waals surface area contributed by atoms with Crippen LogP contribution in [-0.2, 0) is 0 Å². The van der Waals surface area contributed by atoms with Crippen LogP contribution < -0.4 is 0 Å². The summed E-state index contributed by atoms with van der Waals surface area (Å²) >= 11 is 2.60. The van der Waals surface area contributed by atoms with Gasteiger partial charge in [-0.05, 0) is 55.9 Å². The lowest BCUT2D eigenvalue weighted by Crippen LogP contribution is -1.58. The van der Waals surface area contributed by atoms with E-state index in [-0.39, 0.29) is 0 Å². The topological polar surface area (TPSA) is 0 Å². The lowest BCUT2D eigenvalue weighted by atomic mass is 10.4. The van der Waals surface area contributed by atoms with Gasteiger partial charge in [-0.2, -0.15) is 0 Å². The molecule has 0 unspecified atom stereocenters. The Labute approximate surface area is 86.3 Å². The number of hydrogen-bond acceptors (Lipinski definition) is 0. The largest absolute Gasteiger partial charge is 0.122 e. The smallest absolute Gasteiger partial charge is 0.0235 e. The lowest BCUT2D eigenvalue weighted by Gasteiger charge is -1.90. The lowest BCUT2D eigenvalue weighted by molar-refractivity contribution is 0.949. The second-order valence-electron chi connectivity index (χ2n) is 3.07. The van der Waals surface area contributed by atoms with Crippen molar-refractivity contribution in [1.29, 1.82) is 0 Å². The van der Waals surface area contributed by atoms with E-state index in [0.717, 1.165) is 0 Å². The molecule has 0 N–H and O–H groups in total. The van der Waals surface area contributed by atoms with Crippen LogP contribution in [0.2, 0.25) is 0 Å². The van der Waals surface area contributed by atoms with E-state index < -0.39 is 0 Å². The Morgan fingerprint density at radius 2 is 1.45 bits per heavy atom. The van der Waals surface area contributed by atoms with Gasteiger partial charge in [-0.15, -0.1) is 8.58 Å². The average Bonchev–Trinajstić information content (AvgIpc) is 2.57. The van der Waals surface area contributed by atoms with Crippen molar-refractivity contribution < 1.29 is 0 Å². The third-order valence-corrected chi connectivity index (χ3v) is 7.92. The van der Waals surface area contributed by atoms with Crippen LogP contribution >= 0.6 is 36.2 Å². The molecule has 0 spiro atoms. The van der Waals surface area contributed by atoms with E-state index in [1.165, 1.54) is 58.9 Å². The van der Waals surface area contributed by atoms with Gasteiger partial charge in [0.25, 0.3) is 0 Å². The minimum absolute atomic E-state index is 0.505. The van der Waals surface area contributed by atoms with E-state index in [0.29, 0.717) is 5.56 Å². The summed E-state index contributed by atoms with van der Waals surface area (Å²) in [7, 11) is 1.31. The second kappa shape index (κ2) is 7.04. The van der Waals surface area contributed by atoms with E-state index in [9.17, 15) is 0 Å². The molecule has 0 radical (unpaired) electrons. The van der Waals surface area contributed by atoms with Gasteiger partial charge in [-0.1, -0.05) is 22.0 Å². The van der Waals surface area contributed by atoms with Gasteiger partial charge in [0.1, 0.15) is 0 Å². The third-order valence-electron chi connectivity index (χ3n) is 2.01. The van der Waals surface area contributed by atoms with Crippen LogP contribution in [0.25, 0.3) is 0 Å². The molecule has 2 fully saturated rings. The normalized spacial score (nSPS) is 24.8. The first kappa shape index (κ1) is 10.7. The van der Waals surface area contributed by atoms with Crippen molar-refractivity contribution >= 4 is 36.2 Å². The summed E-state index contributed by atoms with van der Waals surface area (Å²) in [5.41, 5.74) is 0.505. The first-order valence-electron chi connectivity index (χ1n) is 4.51. The quantitative estimate of drug-likeness (QED) is 0.467. The monoisotopic (exact) mass is 302 g/mol. The fourth-order valence-corrected chi connectivity index (χ4v) is 5.96. The Morgan fingerprint density at radius 1 is 0.909 bits per heavy atom. The molecule has 2 heterocycles. The summed E-state index contributed by atoms with van der Waals surface area (Å²) in [5, 5.41) is 0. The molecule has 0 amide bonds. The highest BCUT2D eigenvalue weighted by Gasteiger charge is 2.08. The molecule has 0 atom stereocenters. The zero-order valence-electron chi connectivity index (χ0n) is 6.98. The van der Waals surface area contributed by atoms with Gasteiger partial charge in [0.15, 0.2) is 0 Å². The Morgan fingerprint density at radius 3 is 1.64 bits per heavy atom. The molecule has 2 rings (SSSR count). The van der Waals surface area contributed by atoms with E-state index >= 15 is 0 Å². The van der Waals surface area contributed by atoms with Crippen molar-refractivity contribution in [2.45, 2.75) is 25.7 Å². The summed E-state index contributed by atoms with van der Waals surface area (Å²) < 4.78 is 0. The third kappa shape index (κ3) is 5.77. The maximum atomic E-state index is 2.60. The van der Waals surface area contributed by atoms with Crippen LogP contribution in [0.3, 0.4) is 0 Å². The van der Waals surface area contributed by atoms with Crippen molar-refractivity contribution in [3.8, 4) is 0 Å². The summed E-state index contributed by atoms with van der Waals surface area (Å²) in [6, 6.07) is 0. The molecule has 0 aromatic rings. The van der Waals surface area contributed by atoms with Gasteiger partial charge in [-0.3, -0.25) is 0 Å². The molecule has 0 bridgehead atoms. The molecular formula is C8H17IP2. The summed E-state index contributed by atoms with van der Waals surface area (Å²) in [4.78, 5) is 0. The molecule has 11 heavy (non-hydrogen) atoms. The van der Waals surface area contributed by atoms with E-state index in [2.05, 4.69) is 22.0 Å². The fraction of sp³-hybridized carbons (Fsp3) is 1.00. The second-order valence-corrected chi connectivity index (χ2v) is 10.5. The zero-order valence-corrected chi connectivity index (χ0v) is 11.0. The van der Waals surface area contributed by atoms with Crippen molar-refractivity contribution in [2.24, 2.45) is 0 Å². The Kier molecular flexibility index (Phi) is 6.83. The highest BCUT2D eigenvalue weighted by Crippen LogP contribution is 2.50. The van der Waals surface area contributed by atoms with Crippen LogP contribution in [0.15, 0.2) is 0 Å². The van der Waals surface area contributed by atoms with Crippen molar-refractivity contribution in [3.63, 3.8) is 0 Å². The van der Waals surface area contributed by atoms with Gasteiger partial charge in [0.05, 0.1) is 0 Å². The average molecular weight is 302 g/mol. The van der Waals surface area contributed by atoms with Crippen LogP contribution in [0, 0.1) is 0 Å². The van der Waals surface area contributed by atoms with Gasteiger partial charge in [0.2, 0.25) is 0 Å². The molecule has 3 heteroatoms. The number of rotatable bonds is 0. The molecule has 2 saturated heterocycles. The summed E-state index contributed by atoms with van der Waals surface area (Å²) in [5.74, 6) is 0. The van der Waals surface area contributed by atoms with Gasteiger partial charge in [0, 0.05) is 0 Å². The van der Waals surface area contributed by atoms with E-state index in [1.807, 2.05) is 0 Å². The maximum Gasteiger partial charge on any atom is -0.0235 e. The molecule has 2 aliphatic heterocycles. The SMILES string of the molecule is C1CCPC1.IP1CCCC1. The minimum atomic E-state index is 0.505. The molecule has 0 aliphatic carbocycles. The molecular weight excluding hydrogens is 285 g/mol. The van der Waals surface area contributed by atoms with Gasteiger partial charge in [-0.25, -0.2) is 0 Å². The molecule has 0 aromatic heterocycles. The van der Waals surface area contributed by atoms with Gasteiger partial charge < -0.3 is 0 Å². The van der Waals surface area contributed by atoms with Crippen LogP contribution in [-0.4, -0.2) is 24.6 Å². The first-order chi connectivity index (χ1) is 5.39.